The Kier molecular flexibility index (Phi) is 4.61. The second-order valence-corrected chi connectivity index (χ2v) is 0.803. The van der Waals surface area contributed by atoms with Crippen LogP contribution >= 0.6 is 0 Å². The standard InChI is InChI=1S/C2HF3O2.Na.H/c3-2(4,5)1(6)7;;/h(H,6,7);;/q;+1;-1. The van der Waals surface area contributed by atoms with Crippen LogP contribution in [0.5, 0.6) is 0 Å². The van der Waals surface area contributed by atoms with Gasteiger partial charge in [-0.15, -0.1) is 0 Å². The van der Waals surface area contributed by atoms with Gasteiger partial charge in [-0.25, -0.2) is 4.79 Å². The summed E-state index contributed by atoms with van der Waals surface area (Å²) in [5.41, 5.74) is 0. The Morgan fingerprint density at radius 2 is 1.62 bits per heavy atom. The van der Waals surface area contributed by atoms with Crippen LogP contribution in [0.2, 0.25) is 0 Å². The van der Waals surface area contributed by atoms with Crippen LogP contribution in [0.3, 0.4) is 0 Å². The second-order valence-electron chi connectivity index (χ2n) is 0.803. The summed E-state index contributed by atoms with van der Waals surface area (Å²) in [7, 11) is 0. The molecule has 2 nitrogen and oxygen atoms in total. The minimum Gasteiger partial charge on any atom is -1.00 e. The number of carbonyl (C=O) groups is 1. The molecule has 1 N–H and O–H groups in total. The van der Waals surface area contributed by atoms with Crippen molar-refractivity contribution in [2.75, 3.05) is 0 Å². The molecule has 0 amide bonds. The van der Waals surface area contributed by atoms with Crippen molar-refractivity contribution in [1.29, 1.82) is 0 Å². The molecule has 0 aromatic rings. The van der Waals surface area contributed by atoms with Crippen molar-refractivity contribution in [2.45, 2.75) is 6.18 Å². The van der Waals surface area contributed by atoms with E-state index in [9.17, 15) is 13.2 Å². The summed E-state index contributed by atoms with van der Waals surface area (Å²) < 4.78 is 31.7. The summed E-state index contributed by atoms with van der Waals surface area (Å²) in [5, 5.41) is 7.12. The van der Waals surface area contributed by atoms with E-state index in [1.54, 1.807) is 0 Å². The molecule has 0 aliphatic heterocycles. The molecule has 0 saturated heterocycles. The number of carboxylic acids is 1. The molecule has 0 radical (unpaired) electrons. The van der Waals surface area contributed by atoms with Crippen molar-refractivity contribution in [2.24, 2.45) is 0 Å². The largest absolute Gasteiger partial charge is 1.00 e. The predicted octanol–water partition coefficient (Wildman–Crippen LogP) is -2.25. The zero-order chi connectivity index (χ0) is 6.08. The van der Waals surface area contributed by atoms with Crippen molar-refractivity contribution >= 4 is 5.97 Å². The molecule has 0 fully saturated rings. The van der Waals surface area contributed by atoms with Crippen molar-refractivity contribution in [3.63, 3.8) is 0 Å². The molecule has 0 unspecified atom stereocenters. The summed E-state index contributed by atoms with van der Waals surface area (Å²) in [5.74, 6) is -2.76. The Hall–Kier alpha value is 0.260. The van der Waals surface area contributed by atoms with E-state index in [-0.39, 0.29) is 31.0 Å². The molecule has 0 atom stereocenters. The molecule has 44 valence electrons. The quantitative estimate of drug-likeness (QED) is 0.384. The van der Waals surface area contributed by atoms with Gasteiger partial charge < -0.3 is 6.53 Å². The maximum atomic E-state index is 10.6. The first-order chi connectivity index (χ1) is 2.94. The number of hydrogen-bond acceptors (Lipinski definition) is 1. The van der Waals surface area contributed by atoms with E-state index in [0.717, 1.165) is 0 Å². The van der Waals surface area contributed by atoms with Gasteiger partial charge in [-0.2, -0.15) is 13.2 Å². The van der Waals surface area contributed by atoms with Crippen molar-refractivity contribution in [3.8, 4) is 0 Å². The summed E-state index contributed by atoms with van der Waals surface area (Å²) in [6.07, 6.45) is -5.08. The molecule has 0 aromatic carbocycles. The van der Waals surface area contributed by atoms with Gasteiger partial charge in [0.25, 0.3) is 0 Å². The minimum absolute atomic E-state index is 0. The summed E-state index contributed by atoms with van der Waals surface area (Å²) >= 11 is 0. The maximum absolute atomic E-state index is 10.6. The molecule has 0 rings (SSSR count). The van der Waals surface area contributed by atoms with Gasteiger partial charge in [-0.1, -0.05) is 0 Å². The molecule has 0 aromatic heterocycles. The van der Waals surface area contributed by atoms with Crippen LogP contribution in [0.1, 0.15) is 1.43 Å². The zero-order valence-electron chi connectivity index (χ0n) is 4.99. The van der Waals surface area contributed by atoms with Gasteiger partial charge in [0.15, 0.2) is 0 Å². The molecule has 0 bridgehead atoms. The zero-order valence-corrected chi connectivity index (χ0v) is 5.99. The van der Waals surface area contributed by atoms with Gasteiger partial charge in [0.1, 0.15) is 0 Å². The van der Waals surface area contributed by atoms with E-state index in [0.29, 0.717) is 0 Å². The number of alkyl halides is 3. The van der Waals surface area contributed by atoms with Gasteiger partial charge in [0, 0.05) is 0 Å². The Balaban J connectivity index is -0.000000180. The Morgan fingerprint density at radius 1 is 1.50 bits per heavy atom. The maximum Gasteiger partial charge on any atom is 1.00 e. The van der Waals surface area contributed by atoms with E-state index < -0.39 is 12.1 Å². The average molecular weight is 138 g/mol. The number of carboxylic acid groups (broad SMARTS) is 1. The Labute approximate surface area is 66.5 Å². The van der Waals surface area contributed by atoms with E-state index in [1.807, 2.05) is 0 Å². The third-order valence-corrected chi connectivity index (χ3v) is 0.243. The molecule has 0 saturated carbocycles. The third kappa shape index (κ3) is 4.42. The van der Waals surface area contributed by atoms with E-state index in [4.69, 9.17) is 9.90 Å². The Bertz CT molecular complexity index is 92.3. The predicted molar refractivity (Wildman–Crippen MR) is 14.8 cm³/mol. The summed E-state index contributed by atoms with van der Waals surface area (Å²) in [4.78, 5) is 8.90. The van der Waals surface area contributed by atoms with Crippen LogP contribution in [-0.2, 0) is 4.79 Å². The first-order valence-corrected chi connectivity index (χ1v) is 1.24. The SMILES string of the molecule is O=C(O)C(F)(F)F.[H-].[Na+]. The monoisotopic (exact) mass is 138 g/mol. The van der Waals surface area contributed by atoms with Crippen LogP contribution in [0.15, 0.2) is 0 Å². The van der Waals surface area contributed by atoms with Gasteiger partial charge in [0.2, 0.25) is 0 Å². The molecule has 0 aliphatic rings. The normalized spacial score (nSPS) is 9.88. The summed E-state index contributed by atoms with van der Waals surface area (Å²) in [6, 6.07) is 0. The molecule has 6 heteroatoms. The summed E-state index contributed by atoms with van der Waals surface area (Å²) in [6.45, 7) is 0. The molecule has 8 heavy (non-hydrogen) atoms. The third-order valence-electron chi connectivity index (χ3n) is 0.243. The van der Waals surface area contributed by atoms with Crippen LogP contribution in [0, 0.1) is 0 Å². The number of hydrogen-bond donors (Lipinski definition) is 1. The first-order valence-electron chi connectivity index (χ1n) is 1.24. The van der Waals surface area contributed by atoms with Gasteiger partial charge in [-0.05, 0) is 0 Å². The molecule has 0 spiro atoms. The first kappa shape index (κ1) is 11.1. The van der Waals surface area contributed by atoms with Crippen LogP contribution in [-0.4, -0.2) is 17.3 Å². The van der Waals surface area contributed by atoms with E-state index in [2.05, 4.69) is 0 Å². The number of rotatable bonds is 0. The second kappa shape index (κ2) is 3.32. The molecular weight excluding hydrogens is 136 g/mol. The van der Waals surface area contributed by atoms with Crippen LogP contribution in [0.4, 0.5) is 13.2 Å². The molecule has 0 aliphatic carbocycles. The van der Waals surface area contributed by atoms with E-state index >= 15 is 0 Å². The van der Waals surface area contributed by atoms with Gasteiger partial charge >= 0.3 is 41.7 Å². The fourth-order valence-electron chi connectivity index (χ4n) is 0. The van der Waals surface area contributed by atoms with Crippen molar-refractivity contribution < 1.29 is 54.1 Å². The fourth-order valence-corrected chi connectivity index (χ4v) is 0. The minimum atomic E-state index is -5.08. The van der Waals surface area contributed by atoms with Gasteiger partial charge in [-0.3, -0.25) is 0 Å². The average Bonchev–Trinajstić information content (AvgIpc) is 1.31. The Morgan fingerprint density at radius 3 is 1.62 bits per heavy atom. The fraction of sp³-hybridized carbons (Fsp3) is 0.500. The van der Waals surface area contributed by atoms with Crippen LogP contribution in [0.25, 0.3) is 0 Å². The van der Waals surface area contributed by atoms with Crippen LogP contribution < -0.4 is 29.6 Å². The van der Waals surface area contributed by atoms with Crippen molar-refractivity contribution in [3.05, 3.63) is 0 Å². The van der Waals surface area contributed by atoms with Crippen molar-refractivity contribution in [1.82, 2.24) is 0 Å². The topological polar surface area (TPSA) is 37.3 Å². The molecular formula is C2H2F3NaO2. The molecule has 0 heterocycles. The smallest absolute Gasteiger partial charge is 1.00 e. The van der Waals surface area contributed by atoms with E-state index in [1.165, 1.54) is 0 Å². The number of halogens is 3. The van der Waals surface area contributed by atoms with Gasteiger partial charge in [0.05, 0.1) is 0 Å². The number of aliphatic carboxylic acids is 1.